The molecule has 33 heavy (non-hydrogen) atoms. The fourth-order valence-corrected chi connectivity index (χ4v) is 4.26. The van der Waals surface area contributed by atoms with Gasteiger partial charge in [-0.15, -0.1) is 0 Å². The van der Waals surface area contributed by atoms with Gasteiger partial charge in [-0.1, -0.05) is 50.9 Å². The lowest BCUT2D eigenvalue weighted by molar-refractivity contribution is -0.576. The molecule has 4 rings (SSSR count). The van der Waals surface area contributed by atoms with Gasteiger partial charge in [-0.05, 0) is 30.5 Å². The van der Waals surface area contributed by atoms with Crippen molar-refractivity contribution in [3.63, 3.8) is 0 Å². The fourth-order valence-electron chi connectivity index (χ4n) is 4.08. The van der Waals surface area contributed by atoms with E-state index in [1.54, 1.807) is 53.4 Å². The van der Waals surface area contributed by atoms with Crippen LogP contribution in [0.1, 0.15) is 38.4 Å². The minimum absolute atomic E-state index is 0.0868. The maximum Gasteiger partial charge on any atom is 0.326 e. The van der Waals surface area contributed by atoms with Crippen LogP contribution >= 0.6 is 11.6 Å². The van der Waals surface area contributed by atoms with Crippen LogP contribution in [0.5, 0.6) is 0 Å². The third-order valence-electron chi connectivity index (χ3n) is 5.45. The van der Waals surface area contributed by atoms with Crippen molar-refractivity contribution in [2.75, 3.05) is 6.54 Å². The molecule has 3 heterocycles. The summed E-state index contributed by atoms with van der Waals surface area (Å²) < 4.78 is 3.00. The van der Waals surface area contributed by atoms with E-state index in [0.717, 1.165) is 6.42 Å². The molecule has 0 unspecified atom stereocenters. The number of hydrogen-bond donors (Lipinski definition) is 1. The van der Waals surface area contributed by atoms with Crippen molar-refractivity contribution in [2.24, 2.45) is 5.92 Å². The van der Waals surface area contributed by atoms with Gasteiger partial charge in [0, 0.05) is 29.4 Å². The summed E-state index contributed by atoms with van der Waals surface area (Å²) in [6.07, 6.45) is 4.71. The molecule has 2 aromatic heterocycles. The number of imide groups is 1. The maximum atomic E-state index is 13.7. The number of nitrogens with one attached hydrogen (secondary N) is 1. The second-order valence-electron chi connectivity index (χ2n) is 8.46. The molecule has 1 aliphatic rings. The van der Waals surface area contributed by atoms with Gasteiger partial charge < -0.3 is 0 Å². The minimum Gasteiger partial charge on any atom is -0.294 e. The van der Waals surface area contributed by atoms with Crippen molar-refractivity contribution < 1.29 is 14.2 Å². The lowest BCUT2D eigenvalue weighted by atomic mass is 10.0. The smallest absolute Gasteiger partial charge is 0.294 e. The number of pyridine rings is 1. The molecule has 0 saturated heterocycles. The number of H-pyrrole nitrogens is 1. The first kappa shape index (κ1) is 22.7. The van der Waals surface area contributed by atoms with Crippen molar-refractivity contribution in [2.45, 2.75) is 33.6 Å². The van der Waals surface area contributed by atoms with E-state index in [4.69, 9.17) is 11.6 Å². The quantitative estimate of drug-likeness (QED) is 0.428. The monoisotopic (exact) mass is 465 g/mol. The zero-order valence-electron chi connectivity index (χ0n) is 18.8. The number of rotatable bonds is 7. The van der Waals surface area contributed by atoms with E-state index < -0.39 is 17.4 Å². The molecule has 0 radical (unpaired) electrons. The van der Waals surface area contributed by atoms with Crippen LogP contribution in [0.4, 0.5) is 0 Å². The van der Waals surface area contributed by atoms with E-state index in [0.29, 0.717) is 22.8 Å². The van der Waals surface area contributed by atoms with Crippen LogP contribution < -0.4 is 10.1 Å². The molecule has 1 aromatic carbocycles. The Balaban J connectivity index is 1.99. The number of carbonyl (C=O) groups is 2. The van der Waals surface area contributed by atoms with Gasteiger partial charge in [0.15, 0.2) is 12.4 Å². The van der Waals surface area contributed by atoms with Gasteiger partial charge in [0.05, 0.1) is 11.3 Å². The first-order valence-electron chi connectivity index (χ1n) is 11.0. The Morgan fingerprint density at radius 2 is 1.76 bits per heavy atom. The van der Waals surface area contributed by atoms with E-state index in [-0.39, 0.29) is 29.3 Å². The van der Waals surface area contributed by atoms with E-state index >= 15 is 0 Å². The number of carbonyl (C=O) groups excluding carboxylic acids is 2. The molecule has 1 aliphatic heterocycles. The molecule has 8 heteroatoms. The summed E-state index contributed by atoms with van der Waals surface area (Å²) in [7, 11) is 0. The van der Waals surface area contributed by atoms with Gasteiger partial charge in [-0.2, -0.15) is 4.57 Å². The third kappa shape index (κ3) is 4.16. The molecule has 0 spiro atoms. The molecule has 0 atom stereocenters. The number of aromatic amines is 1. The zero-order chi connectivity index (χ0) is 23.7. The summed E-state index contributed by atoms with van der Waals surface area (Å²) in [5.74, 6) is -0.771. The molecule has 0 aliphatic carbocycles. The maximum absolute atomic E-state index is 13.7. The minimum atomic E-state index is -0.452. The Morgan fingerprint density at radius 3 is 2.39 bits per heavy atom. The highest BCUT2D eigenvalue weighted by atomic mass is 35.5. The molecule has 7 nitrogen and oxygen atoms in total. The highest BCUT2D eigenvalue weighted by Crippen LogP contribution is 2.31. The van der Waals surface area contributed by atoms with Crippen molar-refractivity contribution in [3.8, 4) is 5.69 Å². The lowest BCUT2D eigenvalue weighted by Gasteiger charge is -2.16. The molecule has 0 bridgehead atoms. The Kier molecular flexibility index (Phi) is 6.33. The van der Waals surface area contributed by atoms with Crippen LogP contribution in [0.15, 0.2) is 59.7 Å². The van der Waals surface area contributed by atoms with Crippen LogP contribution in [0.3, 0.4) is 0 Å². The first-order chi connectivity index (χ1) is 15.8. The van der Waals surface area contributed by atoms with Crippen molar-refractivity contribution in [3.05, 3.63) is 81.5 Å². The number of aromatic nitrogens is 3. The summed E-state index contributed by atoms with van der Waals surface area (Å²) in [5.41, 5.74) is 1.32. The second kappa shape index (κ2) is 9.19. The number of halogens is 1. The highest BCUT2D eigenvalue weighted by Gasteiger charge is 2.47. The molecule has 2 amide bonds. The average Bonchev–Trinajstić information content (AvgIpc) is 3.22. The largest absolute Gasteiger partial charge is 0.326 e. The SMILES string of the molecule is CCCc1[nH]n(-c2cccc(Cl)c2)c(=O)c1C1=C([n+]2ccccc2)C(=O)N(CC(C)C)C1=O. The van der Waals surface area contributed by atoms with Gasteiger partial charge in [0.1, 0.15) is 5.57 Å². The topological polar surface area (TPSA) is 79.1 Å². The molecule has 0 fully saturated rings. The Morgan fingerprint density at radius 1 is 1.03 bits per heavy atom. The van der Waals surface area contributed by atoms with Crippen LogP contribution in [-0.4, -0.2) is 33.0 Å². The Hall–Kier alpha value is -3.45. The van der Waals surface area contributed by atoms with Gasteiger partial charge in [0.2, 0.25) is 0 Å². The summed E-state index contributed by atoms with van der Waals surface area (Å²) >= 11 is 6.15. The van der Waals surface area contributed by atoms with E-state index in [2.05, 4.69) is 5.10 Å². The van der Waals surface area contributed by atoms with Crippen molar-refractivity contribution in [1.29, 1.82) is 0 Å². The zero-order valence-corrected chi connectivity index (χ0v) is 19.6. The molecular formula is C25H26ClN4O3+. The van der Waals surface area contributed by atoms with Crippen LogP contribution in [0.2, 0.25) is 5.02 Å². The number of aryl methyl sites for hydroxylation is 1. The Bertz CT molecular complexity index is 1300. The number of amides is 2. The normalized spacial score (nSPS) is 14.2. The summed E-state index contributed by atoms with van der Waals surface area (Å²) in [6.45, 7) is 6.15. The second-order valence-corrected chi connectivity index (χ2v) is 8.89. The Labute approximate surface area is 196 Å². The van der Waals surface area contributed by atoms with E-state index in [9.17, 15) is 14.4 Å². The van der Waals surface area contributed by atoms with E-state index in [1.807, 2.05) is 26.8 Å². The predicted molar refractivity (Wildman–Crippen MR) is 127 cm³/mol. The molecule has 3 aromatic rings. The molecule has 1 N–H and O–H groups in total. The van der Waals surface area contributed by atoms with Crippen LogP contribution in [-0.2, 0) is 16.0 Å². The molecule has 0 saturated carbocycles. The average molecular weight is 466 g/mol. The van der Waals surface area contributed by atoms with Crippen LogP contribution in [0, 0.1) is 5.92 Å². The summed E-state index contributed by atoms with van der Waals surface area (Å²) in [4.78, 5) is 41.9. The van der Waals surface area contributed by atoms with Gasteiger partial charge >= 0.3 is 5.91 Å². The lowest BCUT2D eigenvalue weighted by Crippen LogP contribution is -2.40. The molecular weight excluding hydrogens is 440 g/mol. The fraction of sp³-hybridized carbons (Fsp3) is 0.280. The number of benzene rings is 1. The summed E-state index contributed by atoms with van der Waals surface area (Å²) in [5, 5.41) is 3.64. The third-order valence-corrected chi connectivity index (χ3v) is 5.68. The van der Waals surface area contributed by atoms with Crippen LogP contribution in [0.25, 0.3) is 17.0 Å². The van der Waals surface area contributed by atoms with Gasteiger partial charge in [-0.25, -0.2) is 4.68 Å². The number of nitrogens with zero attached hydrogens (tertiary/aromatic N) is 3. The highest BCUT2D eigenvalue weighted by molar-refractivity contribution is 6.44. The van der Waals surface area contributed by atoms with Gasteiger partial charge in [-0.3, -0.25) is 24.4 Å². The van der Waals surface area contributed by atoms with Crippen molar-refractivity contribution in [1.82, 2.24) is 14.7 Å². The van der Waals surface area contributed by atoms with E-state index in [1.165, 1.54) is 9.58 Å². The van der Waals surface area contributed by atoms with Crippen molar-refractivity contribution >= 4 is 34.7 Å². The number of hydrogen-bond acceptors (Lipinski definition) is 3. The summed E-state index contributed by atoms with van der Waals surface area (Å²) in [6, 6.07) is 12.3. The predicted octanol–water partition coefficient (Wildman–Crippen LogP) is 3.45. The first-order valence-corrected chi connectivity index (χ1v) is 11.4. The molecule has 170 valence electrons. The standard InChI is InChI=1S/C25H25ClN4O3/c1-4-9-19-20(24(32)30(27-19)18-11-8-10-17(26)14-18)21-22(28-12-6-5-7-13-28)25(33)29(23(21)31)15-16(2)3/h5-8,10-14,16H,4,9,15H2,1-3H3/p+1. The van der Waals surface area contributed by atoms with Gasteiger partial charge in [0.25, 0.3) is 17.2 Å².